The SMILES string of the molecule is CC1(C)c2ccc3ccccc3c2-c2nc(-c3cccc(-c4cccc(-c5ccc(-c6ccccc6)cc5)c4)c3)nc(-c3ccccc3)c21. The van der Waals surface area contributed by atoms with Crippen LogP contribution in [0.5, 0.6) is 0 Å². The van der Waals surface area contributed by atoms with Gasteiger partial charge in [-0.15, -0.1) is 0 Å². The maximum atomic E-state index is 5.42. The van der Waals surface area contributed by atoms with E-state index in [1.54, 1.807) is 0 Å². The smallest absolute Gasteiger partial charge is 0.160 e. The molecule has 0 saturated carbocycles. The predicted molar refractivity (Wildman–Crippen MR) is 204 cm³/mol. The molecular weight excluding hydrogens is 593 g/mol. The molecule has 0 saturated heterocycles. The zero-order valence-corrected chi connectivity index (χ0v) is 27.6. The number of benzene rings is 7. The number of nitrogens with zero attached hydrogens (tertiary/aromatic N) is 2. The highest BCUT2D eigenvalue weighted by atomic mass is 14.9. The second kappa shape index (κ2) is 11.5. The van der Waals surface area contributed by atoms with Crippen molar-refractivity contribution < 1.29 is 0 Å². The van der Waals surface area contributed by atoms with Gasteiger partial charge in [0.25, 0.3) is 0 Å². The van der Waals surface area contributed by atoms with Crippen molar-refractivity contribution in [3.8, 4) is 67.3 Å². The molecule has 232 valence electrons. The third-order valence-electron chi connectivity index (χ3n) is 10.1. The van der Waals surface area contributed by atoms with Gasteiger partial charge in [-0.25, -0.2) is 9.97 Å². The van der Waals surface area contributed by atoms with Crippen molar-refractivity contribution in [1.82, 2.24) is 9.97 Å². The van der Waals surface area contributed by atoms with Gasteiger partial charge in [0.05, 0.1) is 11.4 Å². The third-order valence-corrected chi connectivity index (χ3v) is 10.1. The van der Waals surface area contributed by atoms with E-state index in [9.17, 15) is 0 Å². The van der Waals surface area contributed by atoms with E-state index in [1.165, 1.54) is 49.7 Å². The minimum Gasteiger partial charge on any atom is -0.228 e. The zero-order chi connectivity index (χ0) is 33.0. The van der Waals surface area contributed by atoms with Crippen LogP contribution in [0.2, 0.25) is 0 Å². The van der Waals surface area contributed by atoms with Crippen LogP contribution in [0.1, 0.15) is 25.0 Å². The third kappa shape index (κ3) is 4.96. The van der Waals surface area contributed by atoms with Gasteiger partial charge in [0, 0.05) is 27.7 Å². The van der Waals surface area contributed by atoms with E-state index in [0.717, 1.165) is 39.5 Å². The quantitative estimate of drug-likeness (QED) is 0.190. The largest absolute Gasteiger partial charge is 0.228 e. The van der Waals surface area contributed by atoms with E-state index in [0.29, 0.717) is 0 Å². The van der Waals surface area contributed by atoms with Crippen LogP contribution in [-0.4, -0.2) is 9.97 Å². The van der Waals surface area contributed by atoms with Crippen LogP contribution in [0.25, 0.3) is 78.1 Å². The molecule has 2 heteroatoms. The summed E-state index contributed by atoms with van der Waals surface area (Å²) in [6.07, 6.45) is 0. The lowest BCUT2D eigenvalue weighted by Gasteiger charge is -2.24. The van der Waals surface area contributed by atoms with Crippen molar-refractivity contribution in [2.75, 3.05) is 0 Å². The van der Waals surface area contributed by atoms with E-state index < -0.39 is 0 Å². The van der Waals surface area contributed by atoms with Crippen LogP contribution in [-0.2, 0) is 5.41 Å². The molecule has 2 nitrogen and oxygen atoms in total. The summed E-state index contributed by atoms with van der Waals surface area (Å²) >= 11 is 0. The number of hydrogen-bond donors (Lipinski definition) is 0. The molecular formula is C47H34N2. The molecule has 0 aliphatic heterocycles. The van der Waals surface area contributed by atoms with Crippen LogP contribution in [0.15, 0.2) is 170 Å². The highest BCUT2D eigenvalue weighted by Crippen LogP contribution is 2.53. The Bertz CT molecular complexity index is 2490. The summed E-state index contributed by atoms with van der Waals surface area (Å²) in [6.45, 7) is 4.62. The van der Waals surface area contributed by atoms with Crippen molar-refractivity contribution >= 4 is 10.8 Å². The summed E-state index contributed by atoms with van der Waals surface area (Å²) in [7, 11) is 0. The van der Waals surface area contributed by atoms with Crippen molar-refractivity contribution in [3.63, 3.8) is 0 Å². The molecule has 0 N–H and O–H groups in total. The number of hydrogen-bond acceptors (Lipinski definition) is 2. The highest BCUT2D eigenvalue weighted by molar-refractivity contribution is 6.03. The Balaban J connectivity index is 1.16. The predicted octanol–water partition coefficient (Wildman–Crippen LogP) is 12.3. The van der Waals surface area contributed by atoms with E-state index in [2.05, 4.69) is 184 Å². The van der Waals surface area contributed by atoms with Gasteiger partial charge in [-0.05, 0) is 61.8 Å². The molecule has 8 aromatic rings. The Labute approximate surface area is 287 Å². The average molecular weight is 627 g/mol. The first-order chi connectivity index (χ1) is 24.0. The summed E-state index contributed by atoms with van der Waals surface area (Å²) in [5.41, 5.74) is 14.7. The van der Waals surface area contributed by atoms with Crippen molar-refractivity contribution in [3.05, 3.63) is 181 Å². The fourth-order valence-electron chi connectivity index (χ4n) is 7.55. The first-order valence-electron chi connectivity index (χ1n) is 16.9. The highest BCUT2D eigenvalue weighted by Gasteiger charge is 2.41. The van der Waals surface area contributed by atoms with E-state index >= 15 is 0 Å². The fraction of sp³-hybridized carbons (Fsp3) is 0.0638. The Hall–Kier alpha value is -6.12. The summed E-state index contributed by atoms with van der Waals surface area (Å²) < 4.78 is 0. The molecule has 0 radical (unpaired) electrons. The van der Waals surface area contributed by atoms with Crippen molar-refractivity contribution in [2.24, 2.45) is 0 Å². The van der Waals surface area contributed by atoms with Crippen molar-refractivity contribution in [1.29, 1.82) is 0 Å². The second-order valence-electron chi connectivity index (χ2n) is 13.4. The minimum absolute atomic E-state index is 0.250. The molecule has 7 aromatic carbocycles. The van der Waals surface area contributed by atoms with Crippen LogP contribution in [0.4, 0.5) is 0 Å². The lowest BCUT2D eigenvalue weighted by Crippen LogP contribution is -2.17. The molecule has 1 aliphatic rings. The Kier molecular flexibility index (Phi) is 6.84. The van der Waals surface area contributed by atoms with Gasteiger partial charge >= 0.3 is 0 Å². The van der Waals surface area contributed by atoms with Gasteiger partial charge in [-0.2, -0.15) is 0 Å². The molecule has 1 aromatic heterocycles. The molecule has 0 unspecified atom stereocenters. The molecule has 0 bridgehead atoms. The minimum atomic E-state index is -0.250. The first-order valence-corrected chi connectivity index (χ1v) is 16.9. The second-order valence-corrected chi connectivity index (χ2v) is 13.4. The standard InChI is InChI=1S/C47H34N2/c1-47(2)41-28-27-34-15-9-10-22-40(34)42(41)45-43(47)44(35-16-7-4-8-17-35)48-46(49-45)39-21-12-20-38(30-39)37-19-11-18-36(29-37)33-25-23-32(24-26-33)31-13-5-3-6-14-31/h3-30H,1-2H3. The molecule has 1 aliphatic carbocycles. The molecule has 0 atom stereocenters. The van der Waals surface area contributed by atoms with Gasteiger partial charge in [-0.1, -0.05) is 172 Å². The van der Waals surface area contributed by atoms with Crippen LogP contribution < -0.4 is 0 Å². The molecule has 1 heterocycles. The zero-order valence-electron chi connectivity index (χ0n) is 27.6. The monoisotopic (exact) mass is 626 g/mol. The lowest BCUT2D eigenvalue weighted by molar-refractivity contribution is 0.658. The normalized spacial score (nSPS) is 12.9. The average Bonchev–Trinajstić information content (AvgIpc) is 3.41. The fourth-order valence-corrected chi connectivity index (χ4v) is 7.55. The first kappa shape index (κ1) is 29.1. The number of rotatable bonds is 5. The molecule has 0 fully saturated rings. The van der Waals surface area contributed by atoms with E-state index in [1.807, 2.05) is 0 Å². The molecule has 0 amide bonds. The lowest BCUT2D eigenvalue weighted by atomic mass is 9.80. The van der Waals surface area contributed by atoms with Crippen LogP contribution in [0, 0.1) is 0 Å². The van der Waals surface area contributed by atoms with Crippen LogP contribution in [0.3, 0.4) is 0 Å². The molecule has 49 heavy (non-hydrogen) atoms. The van der Waals surface area contributed by atoms with Gasteiger partial charge in [0.1, 0.15) is 0 Å². The molecule has 9 rings (SSSR count). The maximum absolute atomic E-state index is 5.42. The summed E-state index contributed by atoms with van der Waals surface area (Å²) in [5, 5.41) is 2.46. The number of fused-ring (bicyclic) bond motifs is 5. The van der Waals surface area contributed by atoms with E-state index in [-0.39, 0.29) is 5.41 Å². The molecule has 0 spiro atoms. The van der Waals surface area contributed by atoms with Crippen molar-refractivity contribution in [2.45, 2.75) is 19.3 Å². The Morgan fingerprint density at radius 2 is 0.878 bits per heavy atom. The van der Waals surface area contributed by atoms with Gasteiger partial charge < -0.3 is 0 Å². The van der Waals surface area contributed by atoms with Gasteiger partial charge in [-0.3, -0.25) is 0 Å². The summed E-state index contributed by atoms with van der Waals surface area (Å²) in [4.78, 5) is 10.8. The Morgan fingerprint density at radius 1 is 0.388 bits per heavy atom. The summed E-state index contributed by atoms with van der Waals surface area (Å²) in [5.74, 6) is 0.740. The topological polar surface area (TPSA) is 25.8 Å². The van der Waals surface area contributed by atoms with Crippen LogP contribution >= 0.6 is 0 Å². The summed E-state index contributed by atoms with van der Waals surface area (Å²) in [6, 6.07) is 60.6. The van der Waals surface area contributed by atoms with E-state index in [4.69, 9.17) is 9.97 Å². The maximum Gasteiger partial charge on any atom is 0.160 e. The number of aromatic nitrogens is 2. The van der Waals surface area contributed by atoms with Gasteiger partial charge in [0.15, 0.2) is 5.82 Å². The Morgan fingerprint density at radius 3 is 1.57 bits per heavy atom. The van der Waals surface area contributed by atoms with Gasteiger partial charge in [0.2, 0.25) is 0 Å².